The summed E-state index contributed by atoms with van der Waals surface area (Å²) in [6.07, 6.45) is -0.317. The second kappa shape index (κ2) is 6.57. The number of amides is 1. The van der Waals surface area contributed by atoms with E-state index in [0.29, 0.717) is 23.7 Å². The summed E-state index contributed by atoms with van der Waals surface area (Å²) in [5.41, 5.74) is 0.543. The van der Waals surface area contributed by atoms with E-state index in [2.05, 4.69) is 5.32 Å². The van der Waals surface area contributed by atoms with Gasteiger partial charge < -0.3 is 14.8 Å². The van der Waals surface area contributed by atoms with Crippen molar-refractivity contribution in [2.75, 3.05) is 13.2 Å². The van der Waals surface area contributed by atoms with Gasteiger partial charge in [-0.05, 0) is 25.1 Å². The highest BCUT2D eigenvalue weighted by atomic mass is 16.6. The van der Waals surface area contributed by atoms with Crippen molar-refractivity contribution in [3.63, 3.8) is 0 Å². The van der Waals surface area contributed by atoms with Gasteiger partial charge in [-0.15, -0.1) is 0 Å². The van der Waals surface area contributed by atoms with Gasteiger partial charge in [-0.3, -0.25) is 14.9 Å². The fourth-order valence-corrected chi connectivity index (χ4v) is 2.53. The molecule has 0 spiro atoms. The summed E-state index contributed by atoms with van der Waals surface area (Å²) >= 11 is 0. The molecule has 2 aromatic carbocycles. The number of para-hydroxylation sites is 2. The summed E-state index contributed by atoms with van der Waals surface area (Å²) in [4.78, 5) is 22.8. The van der Waals surface area contributed by atoms with Crippen LogP contribution in [-0.4, -0.2) is 30.1 Å². The average Bonchev–Trinajstić information content (AvgIpc) is 2.59. The number of nitrogens with zero attached hydrogens (tertiary/aromatic N) is 1. The quantitative estimate of drug-likeness (QED) is 0.688. The summed E-state index contributed by atoms with van der Waals surface area (Å²) in [6.45, 7) is 2.13. The van der Waals surface area contributed by atoms with E-state index in [1.54, 1.807) is 19.1 Å². The number of fused-ring (bicyclic) bond motifs is 1. The third-order valence-corrected chi connectivity index (χ3v) is 3.80. The lowest BCUT2D eigenvalue weighted by atomic mass is 10.1. The topological polar surface area (TPSA) is 90.7 Å². The van der Waals surface area contributed by atoms with Crippen LogP contribution in [-0.2, 0) is 0 Å². The number of hydrogen-bond donors (Lipinski definition) is 1. The van der Waals surface area contributed by atoms with Gasteiger partial charge in [0.05, 0.1) is 11.5 Å². The van der Waals surface area contributed by atoms with Crippen molar-refractivity contribution in [1.82, 2.24) is 5.32 Å². The molecule has 0 fully saturated rings. The summed E-state index contributed by atoms with van der Waals surface area (Å²) in [7, 11) is 0. The third-order valence-electron chi connectivity index (χ3n) is 3.80. The maximum absolute atomic E-state index is 12.3. The zero-order valence-electron chi connectivity index (χ0n) is 13.0. The van der Waals surface area contributed by atoms with Crippen molar-refractivity contribution in [2.45, 2.75) is 13.0 Å². The molecule has 7 nitrogen and oxygen atoms in total. The minimum atomic E-state index is -0.499. The van der Waals surface area contributed by atoms with Crippen molar-refractivity contribution in [1.29, 1.82) is 0 Å². The lowest BCUT2D eigenvalue weighted by Gasteiger charge is -2.26. The molecule has 0 aliphatic carbocycles. The Hall–Kier alpha value is -3.09. The predicted octanol–water partition coefficient (Wildman–Crippen LogP) is 2.47. The highest BCUT2D eigenvalue weighted by Crippen LogP contribution is 2.30. The summed E-state index contributed by atoms with van der Waals surface area (Å²) in [5, 5.41) is 13.7. The van der Waals surface area contributed by atoms with Crippen molar-refractivity contribution < 1.29 is 19.2 Å². The first-order valence-electron chi connectivity index (χ1n) is 7.47. The van der Waals surface area contributed by atoms with Gasteiger partial charge in [-0.2, -0.15) is 0 Å². The second-order valence-corrected chi connectivity index (χ2v) is 5.41. The number of carbonyl (C=O) groups is 1. The number of hydrogen-bond acceptors (Lipinski definition) is 5. The Morgan fingerprint density at radius 1 is 1.25 bits per heavy atom. The Labute approximate surface area is 138 Å². The molecule has 1 N–H and O–H groups in total. The van der Waals surface area contributed by atoms with E-state index in [9.17, 15) is 14.9 Å². The highest BCUT2D eigenvalue weighted by molar-refractivity contribution is 5.96. The molecule has 1 amide bonds. The Kier molecular flexibility index (Phi) is 4.33. The van der Waals surface area contributed by atoms with Gasteiger partial charge in [0.1, 0.15) is 12.7 Å². The fourth-order valence-electron chi connectivity index (χ4n) is 2.53. The largest absolute Gasteiger partial charge is 0.486 e. The van der Waals surface area contributed by atoms with E-state index in [0.717, 1.165) is 0 Å². The molecule has 1 heterocycles. The molecule has 0 saturated carbocycles. The van der Waals surface area contributed by atoms with Gasteiger partial charge in [0.15, 0.2) is 11.5 Å². The maximum atomic E-state index is 12.3. The summed E-state index contributed by atoms with van der Waals surface area (Å²) < 4.78 is 11.3. The van der Waals surface area contributed by atoms with Crippen LogP contribution in [0.1, 0.15) is 15.9 Å². The van der Waals surface area contributed by atoms with Crippen LogP contribution in [0.2, 0.25) is 0 Å². The predicted molar refractivity (Wildman–Crippen MR) is 86.5 cm³/mol. The zero-order chi connectivity index (χ0) is 17.1. The van der Waals surface area contributed by atoms with Gasteiger partial charge in [-0.1, -0.05) is 18.2 Å². The molecule has 1 atom stereocenters. The van der Waals surface area contributed by atoms with Crippen molar-refractivity contribution in [2.24, 2.45) is 0 Å². The lowest BCUT2D eigenvalue weighted by molar-refractivity contribution is -0.385. The van der Waals surface area contributed by atoms with Gasteiger partial charge in [0.25, 0.3) is 11.6 Å². The van der Waals surface area contributed by atoms with Crippen molar-refractivity contribution in [3.8, 4) is 11.5 Å². The molecule has 1 unspecified atom stereocenters. The van der Waals surface area contributed by atoms with E-state index in [1.807, 2.05) is 18.2 Å². The van der Waals surface area contributed by atoms with Crippen LogP contribution in [0.5, 0.6) is 11.5 Å². The molecule has 24 heavy (non-hydrogen) atoms. The number of benzene rings is 2. The van der Waals surface area contributed by atoms with Crippen molar-refractivity contribution >= 4 is 11.6 Å². The second-order valence-electron chi connectivity index (χ2n) is 5.41. The number of nitro groups is 1. The average molecular weight is 328 g/mol. The van der Waals surface area contributed by atoms with E-state index < -0.39 is 4.92 Å². The molecule has 1 aliphatic rings. The Bertz CT molecular complexity index is 790. The lowest BCUT2D eigenvalue weighted by Crippen LogP contribution is -2.40. The van der Waals surface area contributed by atoms with Crippen molar-refractivity contribution in [3.05, 3.63) is 63.7 Å². The molecule has 3 rings (SSSR count). The highest BCUT2D eigenvalue weighted by Gasteiger charge is 2.23. The van der Waals surface area contributed by atoms with Crippen LogP contribution in [0.15, 0.2) is 42.5 Å². The number of rotatable bonds is 4. The van der Waals surface area contributed by atoms with E-state index in [-0.39, 0.29) is 29.8 Å². The maximum Gasteiger partial charge on any atom is 0.273 e. The monoisotopic (exact) mass is 328 g/mol. The van der Waals surface area contributed by atoms with Crippen LogP contribution >= 0.6 is 0 Å². The number of nitrogens with one attached hydrogen (secondary N) is 1. The molecular formula is C17H16N2O5. The molecule has 2 aromatic rings. The zero-order valence-corrected chi connectivity index (χ0v) is 13.0. The van der Waals surface area contributed by atoms with Gasteiger partial charge in [0, 0.05) is 17.2 Å². The normalized spacial score (nSPS) is 15.6. The van der Waals surface area contributed by atoms with Crippen LogP contribution < -0.4 is 14.8 Å². The minimum absolute atomic E-state index is 0.0752. The first kappa shape index (κ1) is 15.8. The first-order valence-corrected chi connectivity index (χ1v) is 7.47. The third kappa shape index (κ3) is 3.15. The summed E-state index contributed by atoms with van der Waals surface area (Å²) in [6, 6.07) is 11.7. The van der Waals surface area contributed by atoms with Gasteiger partial charge >= 0.3 is 0 Å². The first-order chi connectivity index (χ1) is 11.6. The standard InChI is InChI=1S/C17H16N2O5/c1-11-13(5-4-6-14(11)19(21)22)17(20)18-9-12-10-23-15-7-2-3-8-16(15)24-12/h2-8,12H,9-10H2,1H3,(H,18,20). The number of nitro benzene ring substituents is 1. The van der Waals surface area contributed by atoms with Gasteiger partial charge in [-0.25, -0.2) is 0 Å². The van der Waals surface area contributed by atoms with Crippen LogP contribution in [0.4, 0.5) is 5.69 Å². The Morgan fingerprint density at radius 2 is 2.00 bits per heavy atom. The minimum Gasteiger partial charge on any atom is -0.486 e. The van der Waals surface area contributed by atoms with Crippen LogP contribution in [0.25, 0.3) is 0 Å². The SMILES string of the molecule is Cc1c(C(=O)NCC2COc3ccccc3O2)cccc1[N+](=O)[O-]. The van der Waals surface area contributed by atoms with Crippen LogP contribution in [0.3, 0.4) is 0 Å². The molecule has 7 heteroatoms. The fraction of sp³-hybridized carbons (Fsp3) is 0.235. The van der Waals surface area contributed by atoms with E-state index in [4.69, 9.17) is 9.47 Å². The summed E-state index contributed by atoms with van der Waals surface area (Å²) in [5.74, 6) is 0.933. The molecule has 0 radical (unpaired) electrons. The molecule has 124 valence electrons. The van der Waals surface area contributed by atoms with E-state index >= 15 is 0 Å². The number of carbonyl (C=O) groups excluding carboxylic acids is 1. The Balaban J connectivity index is 1.65. The molecular weight excluding hydrogens is 312 g/mol. The van der Waals surface area contributed by atoms with Gasteiger partial charge in [0.2, 0.25) is 0 Å². The molecule has 0 bridgehead atoms. The molecule has 0 saturated heterocycles. The molecule has 1 aliphatic heterocycles. The van der Waals surface area contributed by atoms with E-state index in [1.165, 1.54) is 12.1 Å². The smallest absolute Gasteiger partial charge is 0.273 e. The molecule has 0 aromatic heterocycles. The Morgan fingerprint density at radius 3 is 2.75 bits per heavy atom. The number of ether oxygens (including phenoxy) is 2. The van der Waals surface area contributed by atoms with Crippen LogP contribution in [0, 0.1) is 17.0 Å².